The van der Waals surface area contributed by atoms with E-state index in [9.17, 15) is 13.6 Å². The van der Waals surface area contributed by atoms with E-state index in [1.54, 1.807) is 31.2 Å². The van der Waals surface area contributed by atoms with Gasteiger partial charge < -0.3 is 5.32 Å². The van der Waals surface area contributed by atoms with Gasteiger partial charge in [0.1, 0.15) is 23.5 Å². The molecule has 1 aromatic heterocycles. The van der Waals surface area contributed by atoms with Gasteiger partial charge in [0.05, 0.1) is 5.56 Å². The van der Waals surface area contributed by atoms with Crippen LogP contribution in [0.1, 0.15) is 33.6 Å². The van der Waals surface area contributed by atoms with Gasteiger partial charge in [0, 0.05) is 0 Å². The van der Waals surface area contributed by atoms with Gasteiger partial charge in [0.25, 0.3) is 5.91 Å². The van der Waals surface area contributed by atoms with Crippen LogP contribution in [0.25, 0.3) is 0 Å². The summed E-state index contributed by atoms with van der Waals surface area (Å²) in [6.45, 7) is 1.73. The van der Waals surface area contributed by atoms with Crippen molar-refractivity contribution in [2.24, 2.45) is 0 Å². The van der Waals surface area contributed by atoms with Crippen LogP contribution in [-0.4, -0.2) is 21.1 Å². The van der Waals surface area contributed by atoms with E-state index in [1.165, 1.54) is 0 Å². The molecule has 0 saturated heterocycles. The molecule has 24 heavy (non-hydrogen) atoms. The van der Waals surface area contributed by atoms with Crippen LogP contribution >= 0.6 is 0 Å². The Bertz CT molecular complexity index is 864. The molecule has 0 unspecified atom stereocenters. The number of carbonyl (C=O) groups excluding carboxylic acids is 1. The molecular formula is C17H14F2N4O. The van der Waals surface area contributed by atoms with Crippen molar-refractivity contribution in [1.29, 1.82) is 0 Å². The molecule has 0 fully saturated rings. The lowest BCUT2D eigenvalue weighted by molar-refractivity contribution is 0.0937. The maximum absolute atomic E-state index is 13.8. The Balaban J connectivity index is 1.95. The molecular weight excluding hydrogens is 314 g/mol. The number of aromatic nitrogens is 3. The molecule has 7 heteroatoms. The van der Waals surface area contributed by atoms with Gasteiger partial charge in [-0.15, -0.1) is 0 Å². The lowest BCUT2D eigenvalue weighted by Crippen LogP contribution is -2.30. The van der Waals surface area contributed by atoms with Crippen LogP contribution in [0.15, 0.2) is 48.5 Å². The molecule has 1 amide bonds. The summed E-state index contributed by atoms with van der Waals surface area (Å²) >= 11 is 0. The number of nitrogens with zero attached hydrogens (tertiary/aromatic N) is 2. The van der Waals surface area contributed by atoms with E-state index < -0.39 is 23.6 Å². The average molecular weight is 328 g/mol. The summed E-state index contributed by atoms with van der Waals surface area (Å²) in [7, 11) is 0. The topological polar surface area (TPSA) is 70.7 Å². The smallest absolute Gasteiger partial charge is 0.255 e. The fraction of sp³-hybridized carbons (Fsp3) is 0.118. The molecule has 0 saturated carbocycles. The fourth-order valence-electron chi connectivity index (χ4n) is 2.31. The maximum atomic E-state index is 13.8. The first-order chi connectivity index (χ1) is 11.5. The SMILES string of the molecule is Cc1nc([C@@H](NC(=O)c2cc(F)ccc2F)c2ccccc2)n[nH]1. The first-order valence-electron chi connectivity index (χ1n) is 7.24. The number of nitrogens with one attached hydrogen (secondary N) is 2. The van der Waals surface area contributed by atoms with Crippen molar-refractivity contribution in [2.45, 2.75) is 13.0 Å². The number of halogens is 2. The van der Waals surface area contributed by atoms with Gasteiger partial charge >= 0.3 is 0 Å². The van der Waals surface area contributed by atoms with Gasteiger partial charge in [0.15, 0.2) is 5.82 Å². The van der Waals surface area contributed by atoms with Crippen LogP contribution in [0, 0.1) is 18.6 Å². The molecule has 0 spiro atoms. The van der Waals surface area contributed by atoms with Crippen LogP contribution in [0.5, 0.6) is 0 Å². The van der Waals surface area contributed by atoms with Crippen LogP contribution < -0.4 is 5.32 Å². The minimum absolute atomic E-state index is 0.337. The Morgan fingerprint density at radius 3 is 2.58 bits per heavy atom. The third-order valence-electron chi connectivity index (χ3n) is 3.45. The zero-order valence-corrected chi connectivity index (χ0v) is 12.8. The molecule has 5 nitrogen and oxygen atoms in total. The number of hydrogen-bond acceptors (Lipinski definition) is 3. The number of H-pyrrole nitrogens is 1. The molecule has 122 valence electrons. The normalized spacial score (nSPS) is 12.0. The predicted octanol–water partition coefficient (Wildman–Crippen LogP) is 2.91. The number of hydrogen-bond donors (Lipinski definition) is 2. The highest BCUT2D eigenvalue weighted by Crippen LogP contribution is 2.20. The summed E-state index contributed by atoms with van der Waals surface area (Å²) < 4.78 is 27.1. The number of rotatable bonds is 4. The quantitative estimate of drug-likeness (QED) is 0.773. The van der Waals surface area contributed by atoms with Crippen molar-refractivity contribution < 1.29 is 13.6 Å². The summed E-state index contributed by atoms with van der Waals surface area (Å²) in [6.07, 6.45) is 0. The zero-order chi connectivity index (χ0) is 17.1. The van der Waals surface area contributed by atoms with Gasteiger partial charge in [-0.1, -0.05) is 30.3 Å². The number of benzene rings is 2. The third kappa shape index (κ3) is 3.29. The summed E-state index contributed by atoms with van der Waals surface area (Å²) in [4.78, 5) is 16.6. The van der Waals surface area contributed by atoms with E-state index in [0.717, 1.165) is 23.8 Å². The third-order valence-corrected chi connectivity index (χ3v) is 3.45. The highest BCUT2D eigenvalue weighted by Gasteiger charge is 2.23. The van der Waals surface area contributed by atoms with E-state index in [4.69, 9.17) is 0 Å². The van der Waals surface area contributed by atoms with Crippen LogP contribution in [0.2, 0.25) is 0 Å². The standard InChI is InChI=1S/C17H14F2N4O/c1-10-20-16(23-22-10)15(11-5-3-2-4-6-11)21-17(24)13-9-12(18)7-8-14(13)19/h2-9,15H,1H3,(H,21,24)(H,20,22,23)/t15-/m0/s1. The Hall–Kier alpha value is -3.09. The Morgan fingerprint density at radius 1 is 1.17 bits per heavy atom. The van der Waals surface area contributed by atoms with Crippen molar-refractivity contribution in [3.05, 3.63) is 82.9 Å². The molecule has 0 aliphatic heterocycles. The van der Waals surface area contributed by atoms with Crippen molar-refractivity contribution in [2.75, 3.05) is 0 Å². The van der Waals surface area contributed by atoms with E-state index in [2.05, 4.69) is 20.5 Å². The molecule has 0 bridgehead atoms. The van der Waals surface area contributed by atoms with E-state index in [-0.39, 0.29) is 5.56 Å². The van der Waals surface area contributed by atoms with Crippen molar-refractivity contribution in [3.8, 4) is 0 Å². The second-order valence-corrected chi connectivity index (χ2v) is 5.22. The maximum Gasteiger partial charge on any atom is 0.255 e. The number of aromatic amines is 1. The van der Waals surface area contributed by atoms with Crippen LogP contribution in [0.3, 0.4) is 0 Å². The summed E-state index contributed by atoms with van der Waals surface area (Å²) in [5, 5.41) is 9.42. The largest absolute Gasteiger partial charge is 0.338 e. The number of amides is 1. The molecule has 2 N–H and O–H groups in total. The highest BCUT2D eigenvalue weighted by atomic mass is 19.1. The molecule has 1 heterocycles. The van der Waals surface area contributed by atoms with Crippen LogP contribution in [-0.2, 0) is 0 Å². The number of carbonyl (C=O) groups is 1. The summed E-state index contributed by atoms with van der Waals surface area (Å²) in [6, 6.07) is 11.1. The summed E-state index contributed by atoms with van der Waals surface area (Å²) in [5.74, 6) is -1.32. The van der Waals surface area contributed by atoms with Gasteiger partial charge in [-0.05, 0) is 30.7 Å². The average Bonchev–Trinajstić information content (AvgIpc) is 3.01. The van der Waals surface area contributed by atoms with Gasteiger partial charge in [-0.3, -0.25) is 9.89 Å². The van der Waals surface area contributed by atoms with Gasteiger partial charge in [-0.2, -0.15) is 5.10 Å². The number of aryl methyl sites for hydroxylation is 1. The molecule has 0 radical (unpaired) electrons. The molecule has 1 atom stereocenters. The molecule has 3 aromatic rings. The van der Waals surface area contributed by atoms with E-state index in [0.29, 0.717) is 11.6 Å². The monoisotopic (exact) mass is 328 g/mol. The van der Waals surface area contributed by atoms with E-state index >= 15 is 0 Å². The van der Waals surface area contributed by atoms with E-state index in [1.807, 2.05) is 6.07 Å². The minimum atomic E-state index is -0.799. The van der Waals surface area contributed by atoms with Gasteiger partial charge in [-0.25, -0.2) is 13.8 Å². The molecule has 0 aliphatic rings. The molecule has 2 aromatic carbocycles. The minimum Gasteiger partial charge on any atom is -0.338 e. The Labute approximate surface area is 136 Å². The van der Waals surface area contributed by atoms with Crippen molar-refractivity contribution >= 4 is 5.91 Å². The lowest BCUT2D eigenvalue weighted by Gasteiger charge is -2.16. The first kappa shape index (κ1) is 15.8. The molecule has 3 rings (SSSR count). The lowest BCUT2D eigenvalue weighted by atomic mass is 10.1. The van der Waals surface area contributed by atoms with Gasteiger partial charge in [0.2, 0.25) is 0 Å². The van der Waals surface area contributed by atoms with Crippen molar-refractivity contribution in [3.63, 3.8) is 0 Å². The zero-order valence-electron chi connectivity index (χ0n) is 12.8. The second kappa shape index (κ2) is 6.57. The highest BCUT2D eigenvalue weighted by molar-refractivity contribution is 5.94. The Morgan fingerprint density at radius 2 is 1.92 bits per heavy atom. The summed E-state index contributed by atoms with van der Waals surface area (Å²) in [5.41, 5.74) is 0.352. The first-order valence-corrected chi connectivity index (χ1v) is 7.24. The predicted molar refractivity (Wildman–Crippen MR) is 83.2 cm³/mol. The van der Waals surface area contributed by atoms with Crippen molar-refractivity contribution in [1.82, 2.24) is 20.5 Å². The second-order valence-electron chi connectivity index (χ2n) is 5.22. The fourth-order valence-corrected chi connectivity index (χ4v) is 2.31. The van der Waals surface area contributed by atoms with Crippen LogP contribution in [0.4, 0.5) is 8.78 Å². The Kier molecular flexibility index (Phi) is 4.33. The molecule has 0 aliphatic carbocycles.